The van der Waals surface area contributed by atoms with Crippen LogP contribution in [0.3, 0.4) is 0 Å². The maximum atomic E-state index is 11.0. The fourth-order valence-corrected chi connectivity index (χ4v) is 2.27. The van der Waals surface area contributed by atoms with Crippen LogP contribution in [0.25, 0.3) is 0 Å². The molecule has 0 amide bonds. The summed E-state index contributed by atoms with van der Waals surface area (Å²) in [5, 5.41) is 3.11. The SMILES string of the molecule is CC(CS(C)(=O)=O)NCCOCCN(C)C. The predicted molar refractivity (Wildman–Crippen MR) is 66.5 cm³/mol. The van der Waals surface area contributed by atoms with E-state index in [-0.39, 0.29) is 11.8 Å². The highest BCUT2D eigenvalue weighted by Gasteiger charge is 2.08. The van der Waals surface area contributed by atoms with E-state index in [1.807, 2.05) is 21.0 Å². The molecule has 0 saturated heterocycles. The molecule has 98 valence electrons. The number of nitrogens with one attached hydrogen (secondary N) is 1. The van der Waals surface area contributed by atoms with Gasteiger partial charge in [0.2, 0.25) is 0 Å². The van der Waals surface area contributed by atoms with E-state index in [2.05, 4.69) is 10.2 Å². The lowest BCUT2D eigenvalue weighted by atomic mass is 10.4. The zero-order valence-electron chi connectivity index (χ0n) is 10.7. The van der Waals surface area contributed by atoms with Gasteiger partial charge in [-0.15, -0.1) is 0 Å². The predicted octanol–water partition coefficient (Wildman–Crippen LogP) is -0.413. The van der Waals surface area contributed by atoms with Crippen molar-refractivity contribution in [1.29, 1.82) is 0 Å². The van der Waals surface area contributed by atoms with Gasteiger partial charge < -0.3 is 15.0 Å². The van der Waals surface area contributed by atoms with Crippen LogP contribution in [0.2, 0.25) is 0 Å². The molecule has 0 rings (SSSR count). The Morgan fingerprint density at radius 2 is 1.94 bits per heavy atom. The molecule has 16 heavy (non-hydrogen) atoms. The van der Waals surface area contributed by atoms with Gasteiger partial charge in [0.05, 0.1) is 19.0 Å². The van der Waals surface area contributed by atoms with Gasteiger partial charge in [-0.05, 0) is 21.0 Å². The Kier molecular flexibility index (Phi) is 7.91. The van der Waals surface area contributed by atoms with Crippen LogP contribution >= 0.6 is 0 Å². The van der Waals surface area contributed by atoms with Crippen molar-refractivity contribution < 1.29 is 13.2 Å². The molecule has 0 aliphatic rings. The molecule has 0 aromatic heterocycles. The first-order chi connectivity index (χ1) is 7.31. The molecule has 5 nitrogen and oxygen atoms in total. The van der Waals surface area contributed by atoms with Crippen molar-refractivity contribution >= 4 is 9.84 Å². The van der Waals surface area contributed by atoms with E-state index in [4.69, 9.17) is 4.74 Å². The number of nitrogens with zero attached hydrogens (tertiary/aromatic N) is 1. The Labute approximate surface area is 99.1 Å². The van der Waals surface area contributed by atoms with Crippen molar-refractivity contribution in [3.63, 3.8) is 0 Å². The molecule has 1 N–H and O–H groups in total. The smallest absolute Gasteiger partial charge is 0.148 e. The first-order valence-corrected chi connectivity index (χ1v) is 7.51. The zero-order valence-corrected chi connectivity index (χ0v) is 11.5. The van der Waals surface area contributed by atoms with Crippen molar-refractivity contribution in [3.05, 3.63) is 0 Å². The van der Waals surface area contributed by atoms with Crippen LogP contribution < -0.4 is 5.32 Å². The van der Waals surface area contributed by atoms with Crippen molar-refractivity contribution in [2.24, 2.45) is 0 Å². The molecule has 0 radical (unpaired) electrons. The summed E-state index contributed by atoms with van der Waals surface area (Å²) in [6.07, 6.45) is 1.25. The Hall–Kier alpha value is -0.170. The maximum absolute atomic E-state index is 11.0. The zero-order chi connectivity index (χ0) is 12.6. The lowest BCUT2D eigenvalue weighted by Crippen LogP contribution is -2.35. The Bertz CT molecular complexity index is 265. The van der Waals surface area contributed by atoms with Crippen molar-refractivity contribution in [1.82, 2.24) is 10.2 Å². The topological polar surface area (TPSA) is 58.6 Å². The van der Waals surface area contributed by atoms with Crippen LogP contribution in [-0.2, 0) is 14.6 Å². The second-order valence-electron chi connectivity index (χ2n) is 4.36. The van der Waals surface area contributed by atoms with E-state index in [0.29, 0.717) is 19.8 Å². The van der Waals surface area contributed by atoms with E-state index in [1.165, 1.54) is 6.26 Å². The van der Waals surface area contributed by atoms with Gasteiger partial charge in [-0.2, -0.15) is 0 Å². The molecule has 1 unspecified atom stereocenters. The summed E-state index contributed by atoms with van der Waals surface area (Å²) >= 11 is 0. The molecule has 0 saturated carbocycles. The van der Waals surface area contributed by atoms with Crippen LogP contribution in [0.1, 0.15) is 6.92 Å². The number of likely N-dealkylation sites (N-methyl/N-ethyl adjacent to an activating group) is 1. The van der Waals surface area contributed by atoms with Crippen LogP contribution in [0, 0.1) is 0 Å². The third-order valence-electron chi connectivity index (χ3n) is 1.97. The monoisotopic (exact) mass is 252 g/mol. The fourth-order valence-electron chi connectivity index (χ4n) is 1.24. The summed E-state index contributed by atoms with van der Waals surface area (Å²) in [6.45, 7) is 4.76. The number of hydrogen-bond donors (Lipinski definition) is 1. The lowest BCUT2D eigenvalue weighted by molar-refractivity contribution is 0.118. The minimum atomic E-state index is -2.89. The average Bonchev–Trinajstić information content (AvgIpc) is 2.07. The summed E-state index contributed by atoms with van der Waals surface area (Å²) < 4.78 is 27.3. The summed E-state index contributed by atoms with van der Waals surface area (Å²) in [7, 11) is 1.10. The van der Waals surface area contributed by atoms with Crippen molar-refractivity contribution in [2.45, 2.75) is 13.0 Å². The first kappa shape index (κ1) is 15.8. The number of sulfone groups is 1. The summed E-state index contributed by atoms with van der Waals surface area (Å²) in [5.41, 5.74) is 0. The molecular weight excluding hydrogens is 228 g/mol. The normalized spacial score (nSPS) is 14.3. The second-order valence-corrected chi connectivity index (χ2v) is 6.55. The largest absolute Gasteiger partial charge is 0.379 e. The van der Waals surface area contributed by atoms with Gasteiger partial charge in [0.25, 0.3) is 0 Å². The second kappa shape index (κ2) is 8.00. The van der Waals surface area contributed by atoms with Gasteiger partial charge in [0, 0.05) is 25.4 Å². The van der Waals surface area contributed by atoms with E-state index in [9.17, 15) is 8.42 Å². The average molecular weight is 252 g/mol. The van der Waals surface area contributed by atoms with E-state index < -0.39 is 9.84 Å². The van der Waals surface area contributed by atoms with Gasteiger partial charge >= 0.3 is 0 Å². The minimum absolute atomic E-state index is 0.0209. The van der Waals surface area contributed by atoms with Gasteiger partial charge in [-0.3, -0.25) is 0 Å². The molecule has 0 spiro atoms. The third-order valence-corrected chi connectivity index (χ3v) is 3.08. The number of hydrogen-bond acceptors (Lipinski definition) is 5. The van der Waals surface area contributed by atoms with Crippen molar-refractivity contribution in [3.8, 4) is 0 Å². The highest BCUT2D eigenvalue weighted by molar-refractivity contribution is 7.90. The van der Waals surface area contributed by atoms with E-state index in [1.54, 1.807) is 0 Å². The van der Waals surface area contributed by atoms with Crippen LogP contribution in [0.5, 0.6) is 0 Å². The van der Waals surface area contributed by atoms with Gasteiger partial charge in [-0.25, -0.2) is 8.42 Å². The third kappa shape index (κ3) is 11.9. The van der Waals surface area contributed by atoms with Crippen molar-refractivity contribution in [2.75, 3.05) is 52.4 Å². The molecule has 0 aliphatic heterocycles. The standard InChI is InChI=1S/C10H24N2O3S/c1-10(9-16(4,13)14)11-5-7-15-8-6-12(2)3/h10-11H,5-9H2,1-4H3. The van der Waals surface area contributed by atoms with Gasteiger partial charge in [-0.1, -0.05) is 0 Å². The van der Waals surface area contributed by atoms with E-state index >= 15 is 0 Å². The molecule has 0 aliphatic carbocycles. The quantitative estimate of drug-likeness (QED) is 0.565. The molecule has 0 bridgehead atoms. The van der Waals surface area contributed by atoms with Crippen LogP contribution in [0.4, 0.5) is 0 Å². The molecule has 1 atom stereocenters. The summed E-state index contributed by atoms with van der Waals surface area (Å²) in [4.78, 5) is 2.06. The molecule has 0 aromatic carbocycles. The fraction of sp³-hybridized carbons (Fsp3) is 1.00. The van der Waals surface area contributed by atoms with Crippen LogP contribution in [-0.4, -0.2) is 71.8 Å². The molecular formula is C10H24N2O3S. The summed E-state index contributed by atoms with van der Waals surface area (Å²) in [5.74, 6) is 0.171. The Balaban J connectivity index is 3.38. The number of rotatable bonds is 9. The summed E-state index contributed by atoms with van der Waals surface area (Å²) in [6, 6.07) is -0.0209. The van der Waals surface area contributed by atoms with Gasteiger partial charge in [0.15, 0.2) is 0 Å². The van der Waals surface area contributed by atoms with E-state index in [0.717, 1.165) is 6.54 Å². The maximum Gasteiger partial charge on any atom is 0.148 e. The van der Waals surface area contributed by atoms with Gasteiger partial charge in [0.1, 0.15) is 9.84 Å². The van der Waals surface area contributed by atoms with Crippen LogP contribution in [0.15, 0.2) is 0 Å². The molecule has 0 heterocycles. The molecule has 6 heteroatoms. The molecule has 0 aromatic rings. The highest BCUT2D eigenvalue weighted by atomic mass is 32.2. The highest BCUT2D eigenvalue weighted by Crippen LogP contribution is 1.89. The Morgan fingerprint density at radius 3 is 2.44 bits per heavy atom. The number of ether oxygens (including phenoxy) is 1. The Morgan fingerprint density at radius 1 is 1.31 bits per heavy atom. The minimum Gasteiger partial charge on any atom is -0.379 e. The first-order valence-electron chi connectivity index (χ1n) is 5.45. The lowest BCUT2D eigenvalue weighted by Gasteiger charge is -2.13. The molecule has 0 fully saturated rings.